The number of nitrogens with one attached hydrogen (secondary N) is 1. The molecule has 4 heteroatoms. The van der Waals surface area contributed by atoms with Crippen molar-refractivity contribution in [1.29, 1.82) is 0 Å². The summed E-state index contributed by atoms with van der Waals surface area (Å²) in [7, 11) is 6.06. The maximum atomic E-state index is 14.2. The Hall–Kier alpha value is -1.13. The van der Waals surface area contributed by atoms with E-state index in [0.29, 0.717) is 6.04 Å². The van der Waals surface area contributed by atoms with Gasteiger partial charge in [0.15, 0.2) is 0 Å². The second-order valence-corrected chi connectivity index (χ2v) is 5.57. The van der Waals surface area contributed by atoms with Crippen LogP contribution >= 0.6 is 0 Å². The van der Waals surface area contributed by atoms with Gasteiger partial charge < -0.3 is 15.1 Å². The van der Waals surface area contributed by atoms with Crippen LogP contribution in [0.4, 0.5) is 10.1 Å². The molecule has 2 rings (SSSR count). The molecular weight excluding hydrogens is 241 g/mol. The first-order valence-electron chi connectivity index (χ1n) is 6.91. The Kier molecular flexibility index (Phi) is 4.42. The van der Waals surface area contributed by atoms with Crippen LogP contribution in [0.2, 0.25) is 0 Å². The maximum absolute atomic E-state index is 14.2. The zero-order chi connectivity index (χ0) is 14.0. The minimum absolute atomic E-state index is 0.112. The van der Waals surface area contributed by atoms with Crippen LogP contribution in [-0.2, 0) is 0 Å². The molecule has 2 unspecified atom stereocenters. The van der Waals surface area contributed by atoms with Gasteiger partial charge >= 0.3 is 0 Å². The van der Waals surface area contributed by atoms with Gasteiger partial charge in [0.05, 0.1) is 5.69 Å². The maximum Gasteiger partial charge on any atom is 0.146 e. The van der Waals surface area contributed by atoms with Gasteiger partial charge in [0.25, 0.3) is 0 Å². The number of hydrogen-bond acceptors (Lipinski definition) is 3. The molecule has 19 heavy (non-hydrogen) atoms. The van der Waals surface area contributed by atoms with Crippen LogP contribution < -0.4 is 10.2 Å². The average molecular weight is 265 g/mol. The van der Waals surface area contributed by atoms with Gasteiger partial charge in [0, 0.05) is 25.2 Å². The number of hydrogen-bond donors (Lipinski definition) is 1. The summed E-state index contributed by atoms with van der Waals surface area (Å²) in [4.78, 5) is 4.36. The van der Waals surface area contributed by atoms with Crippen LogP contribution in [0.25, 0.3) is 0 Å². The van der Waals surface area contributed by atoms with E-state index in [2.05, 4.69) is 29.2 Å². The number of halogens is 1. The summed E-state index contributed by atoms with van der Waals surface area (Å²) in [6.07, 6.45) is 1.10. The summed E-state index contributed by atoms with van der Waals surface area (Å²) in [6, 6.07) is 6.28. The highest BCUT2D eigenvalue weighted by Gasteiger charge is 2.25. The highest BCUT2D eigenvalue weighted by molar-refractivity contribution is 5.50. The van der Waals surface area contributed by atoms with E-state index in [1.165, 1.54) is 0 Å². The van der Waals surface area contributed by atoms with Crippen molar-refractivity contribution >= 4 is 5.69 Å². The molecule has 0 aliphatic carbocycles. The molecule has 1 aromatic rings. The standard InChI is InChI=1S/C15H24FN3/c1-11(17-2)12-5-6-15(14(16)9-12)19-8-7-13(10-19)18(3)4/h5-6,9,11,13,17H,7-8,10H2,1-4H3. The number of benzene rings is 1. The molecule has 0 bridgehead atoms. The predicted octanol–water partition coefficient (Wildman–Crippen LogP) is 2.25. The van der Waals surface area contributed by atoms with Crippen LogP contribution in [-0.4, -0.2) is 45.2 Å². The van der Waals surface area contributed by atoms with Crippen molar-refractivity contribution in [2.45, 2.75) is 25.4 Å². The fourth-order valence-corrected chi connectivity index (χ4v) is 2.60. The van der Waals surface area contributed by atoms with Crippen molar-refractivity contribution in [3.05, 3.63) is 29.6 Å². The molecule has 106 valence electrons. The van der Waals surface area contributed by atoms with Crippen LogP contribution in [0.3, 0.4) is 0 Å². The Morgan fingerprint density at radius 1 is 1.42 bits per heavy atom. The first-order valence-corrected chi connectivity index (χ1v) is 6.91. The lowest BCUT2D eigenvalue weighted by molar-refractivity contribution is 0.315. The molecule has 1 fully saturated rings. The van der Waals surface area contributed by atoms with Crippen molar-refractivity contribution in [3.63, 3.8) is 0 Å². The fraction of sp³-hybridized carbons (Fsp3) is 0.600. The van der Waals surface area contributed by atoms with Crippen molar-refractivity contribution in [3.8, 4) is 0 Å². The Labute approximate surface area is 115 Å². The van der Waals surface area contributed by atoms with Gasteiger partial charge in [-0.25, -0.2) is 4.39 Å². The lowest BCUT2D eigenvalue weighted by Gasteiger charge is -2.23. The van der Waals surface area contributed by atoms with Gasteiger partial charge in [0.1, 0.15) is 5.82 Å². The highest BCUT2D eigenvalue weighted by atomic mass is 19.1. The van der Waals surface area contributed by atoms with E-state index in [-0.39, 0.29) is 11.9 Å². The van der Waals surface area contributed by atoms with Crippen molar-refractivity contribution < 1.29 is 4.39 Å². The molecule has 0 saturated carbocycles. The van der Waals surface area contributed by atoms with E-state index < -0.39 is 0 Å². The molecule has 3 nitrogen and oxygen atoms in total. The van der Waals surface area contributed by atoms with Crippen molar-refractivity contribution in [1.82, 2.24) is 10.2 Å². The molecule has 0 amide bonds. The van der Waals surface area contributed by atoms with Crippen LogP contribution in [0.5, 0.6) is 0 Å². The summed E-state index contributed by atoms with van der Waals surface area (Å²) >= 11 is 0. The van der Waals surface area contributed by atoms with Crippen LogP contribution in [0.15, 0.2) is 18.2 Å². The third kappa shape index (κ3) is 3.07. The molecule has 0 aromatic heterocycles. The molecule has 2 atom stereocenters. The Morgan fingerprint density at radius 3 is 2.68 bits per heavy atom. The summed E-state index contributed by atoms with van der Waals surface area (Å²) < 4.78 is 14.2. The zero-order valence-electron chi connectivity index (χ0n) is 12.3. The lowest BCUT2D eigenvalue weighted by Crippen LogP contribution is -2.31. The SMILES string of the molecule is CNC(C)c1ccc(N2CCC(N(C)C)C2)c(F)c1. The first kappa shape index (κ1) is 14.3. The zero-order valence-corrected chi connectivity index (χ0v) is 12.3. The topological polar surface area (TPSA) is 18.5 Å². The Morgan fingerprint density at radius 2 is 2.16 bits per heavy atom. The molecule has 1 aliphatic rings. The van der Waals surface area contributed by atoms with Gasteiger partial charge in [0.2, 0.25) is 0 Å². The Balaban J connectivity index is 2.14. The van der Waals surface area contributed by atoms with E-state index in [1.807, 2.05) is 26.1 Å². The molecule has 1 aromatic carbocycles. The summed E-state index contributed by atoms with van der Waals surface area (Å²) in [5.74, 6) is -0.112. The quantitative estimate of drug-likeness (QED) is 0.901. The monoisotopic (exact) mass is 265 g/mol. The number of likely N-dealkylation sites (N-methyl/N-ethyl adjacent to an activating group) is 1. The van der Waals surface area contributed by atoms with E-state index in [1.54, 1.807) is 6.07 Å². The van der Waals surface area contributed by atoms with Gasteiger partial charge in [-0.05, 0) is 52.2 Å². The normalized spacial score (nSPS) is 21.2. The van der Waals surface area contributed by atoms with Crippen molar-refractivity contribution in [2.75, 3.05) is 39.1 Å². The summed E-state index contributed by atoms with van der Waals surface area (Å²) in [5.41, 5.74) is 1.73. The average Bonchev–Trinajstić information content (AvgIpc) is 2.87. The molecule has 1 saturated heterocycles. The molecular formula is C15H24FN3. The third-order valence-electron chi connectivity index (χ3n) is 4.14. The second kappa shape index (κ2) is 5.88. The van der Waals surface area contributed by atoms with Crippen molar-refractivity contribution in [2.24, 2.45) is 0 Å². The predicted molar refractivity (Wildman–Crippen MR) is 78.2 cm³/mol. The highest BCUT2D eigenvalue weighted by Crippen LogP contribution is 2.27. The minimum atomic E-state index is -0.112. The van der Waals surface area contributed by atoms with Crippen LogP contribution in [0, 0.1) is 5.82 Å². The molecule has 0 spiro atoms. The fourth-order valence-electron chi connectivity index (χ4n) is 2.60. The van der Waals surface area contributed by atoms with E-state index in [4.69, 9.17) is 0 Å². The smallest absolute Gasteiger partial charge is 0.146 e. The lowest BCUT2D eigenvalue weighted by atomic mass is 10.1. The number of anilines is 1. The largest absolute Gasteiger partial charge is 0.368 e. The molecule has 1 heterocycles. The van der Waals surface area contributed by atoms with Crippen LogP contribution in [0.1, 0.15) is 24.9 Å². The van der Waals surface area contributed by atoms with E-state index in [0.717, 1.165) is 30.8 Å². The Bertz CT molecular complexity index is 433. The van der Waals surface area contributed by atoms with E-state index in [9.17, 15) is 4.39 Å². The molecule has 1 N–H and O–H groups in total. The molecule has 1 aliphatic heterocycles. The van der Waals surface area contributed by atoms with Gasteiger partial charge in [-0.2, -0.15) is 0 Å². The number of nitrogens with zero attached hydrogens (tertiary/aromatic N) is 2. The van der Waals surface area contributed by atoms with E-state index >= 15 is 0 Å². The van der Waals surface area contributed by atoms with Gasteiger partial charge in [-0.15, -0.1) is 0 Å². The van der Waals surface area contributed by atoms with Gasteiger partial charge in [-0.3, -0.25) is 0 Å². The summed E-state index contributed by atoms with van der Waals surface area (Å²) in [6.45, 7) is 3.87. The van der Waals surface area contributed by atoms with Gasteiger partial charge in [-0.1, -0.05) is 6.07 Å². The summed E-state index contributed by atoms with van der Waals surface area (Å²) in [5, 5.41) is 3.13. The first-order chi connectivity index (χ1) is 9.02. The minimum Gasteiger partial charge on any atom is -0.368 e. The second-order valence-electron chi connectivity index (χ2n) is 5.57. The number of rotatable bonds is 4. The third-order valence-corrected chi connectivity index (χ3v) is 4.14. The molecule has 0 radical (unpaired) electrons.